The van der Waals surface area contributed by atoms with E-state index in [1.54, 1.807) is 24.3 Å². The summed E-state index contributed by atoms with van der Waals surface area (Å²) in [5.74, 6) is 0.0982. The van der Waals surface area contributed by atoms with Gasteiger partial charge in [-0.05, 0) is 70.3 Å². The van der Waals surface area contributed by atoms with Crippen LogP contribution in [-0.4, -0.2) is 21.1 Å². The summed E-state index contributed by atoms with van der Waals surface area (Å²) < 4.78 is 0. The fraction of sp³-hybridized carbons (Fsp3) is 0.250. The molecule has 120 valence electrons. The Bertz CT molecular complexity index is 1060. The average molecular weight is 320 g/mol. The second-order valence-corrected chi connectivity index (χ2v) is 6.77. The van der Waals surface area contributed by atoms with Gasteiger partial charge >= 0.3 is 0 Å². The molecule has 2 aliphatic carbocycles. The molecule has 3 aromatic carbocycles. The van der Waals surface area contributed by atoms with Gasteiger partial charge in [-0.25, -0.2) is 0 Å². The molecule has 0 aliphatic heterocycles. The van der Waals surface area contributed by atoms with Crippen LogP contribution in [0.1, 0.15) is 46.0 Å². The van der Waals surface area contributed by atoms with Gasteiger partial charge in [-0.3, -0.25) is 4.79 Å². The first-order valence-corrected chi connectivity index (χ1v) is 8.23. The zero-order valence-electron chi connectivity index (χ0n) is 13.0. The summed E-state index contributed by atoms with van der Waals surface area (Å²) >= 11 is 0. The summed E-state index contributed by atoms with van der Waals surface area (Å²) in [5.41, 5.74) is 3.43. The molecule has 3 aromatic rings. The second kappa shape index (κ2) is 4.48. The number of aryl methyl sites for hydroxylation is 2. The van der Waals surface area contributed by atoms with Crippen molar-refractivity contribution in [2.24, 2.45) is 0 Å². The molecule has 2 aliphatic rings. The first-order chi connectivity index (χ1) is 11.6. The van der Waals surface area contributed by atoms with E-state index in [2.05, 4.69) is 0 Å². The number of rotatable bonds is 0. The zero-order valence-corrected chi connectivity index (χ0v) is 13.0. The summed E-state index contributed by atoms with van der Waals surface area (Å²) in [4.78, 5) is 12.4. The quantitative estimate of drug-likeness (QED) is 0.554. The Hall–Kier alpha value is -2.59. The SMILES string of the molecule is O=C1CCc2c3c4c(cc(O)cc4c4ccc(O)c1c24)C(O)CC3. The summed E-state index contributed by atoms with van der Waals surface area (Å²) in [6.07, 6.45) is 1.82. The number of benzene rings is 3. The minimum atomic E-state index is -0.585. The Balaban J connectivity index is 2.10. The van der Waals surface area contributed by atoms with Crippen molar-refractivity contribution in [3.05, 3.63) is 46.5 Å². The Morgan fingerprint density at radius 3 is 2.54 bits per heavy atom. The van der Waals surface area contributed by atoms with Crippen molar-refractivity contribution in [3.63, 3.8) is 0 Å². The molecule has 24 heavy (non-hydrogen) atoms. The third-order valence-electron chi connectivity index (χ3n) is 5.50. The van der Waals surface area contributed by atoms with Gasteiger partial charge in [0, 0.05) is 11.8 Å². The Morgan fingerprint density at radius 1 is 0.917 bits per heavy atom. The predicted molar refractivity (Wildman–Crippen MR) is 90.7 cm³/mol. The summed E-state index contributed by atoms with van der Waals surface area (Å²) in [7, 11) is 0. The van der Waals surface area contributed by atoms with Crippen LogP contribution in [0.5, 0.6) is 11.5 Å². The molecule has 0 heterocycles. The molecule has 0 fully saturated rings. The number of phenolic OH excluding ortho intramolecular Hbond substituents is 2. The largest absolute Gasteiger partial charge is 0.508 e. The van der Waals surface area contributed by atoms with Crippen molar-refractivity contribution >= 4 is 27.3 Å². The number of aliphatic hydroxyl groups is 1. The van der Waals surface area contributed by atoms with Crippen LogP contribution in [0.3, 0.4) is 0 Å². The van der Waals surface area contributed by atoms with Crippen molar-refractivity contribution in [2.45, 2.75) is 31.8 Å². The molecular weight excluding hydrogens is 304 g/mol. The van der Waals surface area contributed by atoms with Crippen LogP contribution >= 0.6 is 0 Å². The van der Waals surface area contributed by atoms with Crippen LogP contribution in [-0.2, 0) is 12.8 Å². The Morgan fingerprint density at radius 2 is 1.71 bits per heavy atom. The monoisotopic (exact) mass is 320 g/mol. The average Bonchev–Trinajstić information content (AvgIpc) is 2.56. The third-order valence-corrected chi connectivity index (χ3v) is 5.50. The lowest BCUT2D eigenvalue weighted by atomic mass is 9.76. The number of ketones is 1. The molecule has 1 atom stereocenters. The van der Waals surface area contributed by atoms with E-state index in [0.717, 1.165) is 44.7 Å². The van der Waals surface area contributed by atoms with E-state index in [1.165, 1.54) is 0 Å². The van der Waals surface area contributed by atoms with Gasteiger partial charge in [0.1, 0.15) is 11.5 Å². The third kappa shape index (κ3) is 1.59. The molecule has 5 rings (SSSR count). The van der Waals surface area contributed by atoms with Crippen molar-refractivity contribution < 1.29 is 20.1 Å². The van der Waals surface area contributed by atoms with E-state index in [4.69, 9.17) is 0 Å². The van der Waals surface area contributed by atoms with E-state index in [0.29, 0.717) is 24.8 Å². The Labute approximate surface area is 138 Å². The zero-order chi connectivity index (χ0) is 16.6. The number of hydrogen-bond acceptors (Lipinski definition) is 4. The van der Waals surface area contributed by atoms with E-state index in [9.17, 15) is 20.1 Å². The van der Waals surface area contributed by atoms with Gasteiger partial charge < -0.3 is 15.3 Å². The van der Waals surface area contributed by atoms with Crippen LogP contribution in [0.15, 0.2) is 24.3 Å². The lowest BCUT2D eigenvalue weighted by Gasteiger charge is -2.29. The summed E-state index contributed by atoms with van der Waals surface area (Å²) in [6, 6.07) is 6.69. The molecule has 0 spiro atoms. The van der Waals surface area contributed by atoms with Crippen molar-refractivity contribution in [2.75, 3.05) is 0 Å². The molecule has 3 N–H and O–H groups in total. The number of hydrogen-bond donors (Lipinski definition) is 3. The minimum Gasteiger partial charge on any atom is -0.508 e. The maximum Gasteiger partial charge on any atom is 0.167 e. The smallest absolute Gasteiger partial charge is 0.167 e. The first kappa shape index (κ1) is 13.8. The second-order valence-electron chi connectivity index (χ2n) is 6.77. The predicted octanol–water partition coefficient (Wildman–Crippen LogP) is 3.51. The summed E-state index contributed by atoms with van der Waals surface area (Å²) in [5, 5.41) is 34.3. The number of carbonyl (C=O) groups is 1. The van der Waals surface area contributed by atoms with E-state index >= 15 is 0 Å². The van der Waals surface area contributed by atoms with E-state index in [-0.39, 0.29) is 17.3 Å². The van der Waals surface area contributed by atoms with E-state index < -0.39 is 6.10 Å². The standard InChI is InChI=1S/C20H16O4/c21-9-7-13-12-3-6-17(24)20-16(23)5-2-11(19(12)20)10-1-4-15(22)14(8-9)18(10)13/h3,6-8,15,21-22,24H,1-2,4-5H2. The molecule has 1 unspecified atom stereocenters. The van der Waals surface area contributed by atoms with Gasteiger partial charge in [0.25, 0.3) is 0 Å². The number of carbonyl (C=O) groups excluding carboxylic acids is 1. The highest BCUT2D eigenvalue weighted by atomic mass is 16.3. The fourth-order valence-electron chi connectivity index (χ4n) is 4.53. The van der Waals surface area contributed by atoms with Crippen molar-refractivity contribution in [1.29, 1.82) is 0 Å². The molecule has 0 saturated carbocycles. The molecule has 0 amide bonds. The van der Waals surface area contributed by atoms with Crippen LogP contribution in [0.2, 0.25) is 0 Å². The first-order valence-electron chi connectivity index (χ1n) is 8.23. The van der Waals surface area contributed by atoms with Crippen molar-refractivity contribution in [1.82, 2.24) is 0 Å². The van der Waals surface area contributed by atoms with Gasteiger partial charge in [-0.2, -0.15) is 0 Å². The highest BCUT2D eigenvalue weighted by Gasteiger charge is 2.30. The number of phenols is 2. The molecular formula is C20H16O4. The highest BCUT2D eigenvalue weighted by Crippen LogP contribution is 2.47. The number of fused-ring (bicyclic) bond motifs is 2. The molecule has 0 saturated heterocycles. The molecule has 0 aromatic heterocycles. The van der Waals surface area contributed by atoms with Gasteiger partial charge in [0.15, 0.2) is 5.78 Å². The Kier molecular flexibility index (Phi) is 2.58. The lowest BCUT2D eigenvalue weighted by Crippen LogP contribution is -2.16. The van der Waals surface area contributed by atoms with Crippen LogP contribution in [0, 0.1) is 0 Å². The van der Waals surface area contributed by atoms with Gasteiger partial charge in [0.2, 0.25) is 0 Å². The summed E-state index contributed by atoms with van der Waals surface area (Å²) in [6.45, 7) is 0. The van der Waals surface area contributed by atoms with E-state index in [1.807, 2.05) is 0 Å². The van der Waals surface area contributed by atoms with Crippen LogP contribution in [0.25, 0.3) is 21.5 Å². The molecule has 0 bridgehead atoms. The maximum atomic E-state index is 12.4. The number of aliphatic hydroxyl groups excluding tert-OH is 1. The number of Topliss-reactive ketones (excluding diaryl/α,β-unsaturated/α-hetero) is 1. The van der Waals surface area contributed by atoms with Crippen molar-refractivity contribution in [3.8, 4) is 11.5 Å². The van der Waals surface area contributed by atoms with Crippen LogP contribution in [0.4, 0.5) is 0 Å². The highest BCUT2D eigenvalue weighted by molar-refractivity contribution is 6.21. The fourth-order valence-corrected chi connectivity index (χ4v) is 4.53. The normalized spacial score (nSPS) is 19.2. The molecule has 4 nitrogen and oxygen atoms in total. The van der Waals surface area contributed by atoms with Gasteiger partial charge in [0.05, 0.1) is 11.7 Å². The van der Waals surface area contributed by atoms with Gasteiger partial charge in [-0.1, -0.05) is 6.07 Å². The maximum absolute atomic E-state index is 12.4. The van der Waals surface area contributed by atoms with Crippen LogP contribution < -0.4 is 0 Å². The molecule has 4 heteroatoms. The topological polar surface area (TPSA) is 77.8 Å². The minimum absolute atomic E-state index is 0.0243. The van der Waals surface area contributed by atoms with Gasteiger partial charge in [-0.15, -0.1) is 0 Å². The number of aromatic hydroxyl groups is 2. The molecule has 0 radical (unpaired) electrons. The lowest BCUT2D eigenvalue weighted by molar-refractivity contribution is 0.0979.